The minimum atomic E-state index is 0.716. The molecule has 70 valence electrons. The van der Waals surface area contributed by atoms with Gasteiger partial charge in [0.25, 0.3) is 0 Å². The SMILES string of the molecule is CC(CS)=Nc1cc(C)ccc1C. The smallest absolute Gasteiger partial charge is 0.0661 e. The number of benzene rings is 1. The predicted molar refractivity (Wildman–Crippen MR) is 62.5 cm³/mol. The third kappa shape index (κ3) is 2.88. The molecule has 0 aromatic heterocycles. The van der Waals surface area contributed by atoms with Crippen LogP contribution in [0.2, 0.25) is 0 Å². The fourth-order valence-electron chi connectivity index (χ4n) is 1.08. The highest BCUT2D eigenvalue weighted by Gasteiger charge is 1.96. The van der Waals surface area contributed by atoms with Gasteiger partial charge in [0.05, 0.1) is 5.69 Å². The van der Waals surface area contributed by atoms with E-state index in [9.17, 15) is 0 Å². The molecule has 0 atom stereocenters. The van der Waals surface area contributed by atoms with Gasteiger partial charge in [0.1, 0.15) is 0 Å². The van der Waals surface area contributed by atoms with Crippen molar-refractivity contribution in [1.29, 1.82) is 0 Å². The summed E-state index contributed by atoms with van der Waals surface area (Å²) in [6.07, 6.45) is 0. The summed E-state index contributed by atoms with van der Waals surface area (Å²) in [6.45, 7) is 6.15. The lowest BCUT2D eigenvalue weighted by Crippen LogP contribution is -1.91. The van der Waals surface area contributed by atoms with Crippen LogP contribution in [-0.4, -0.2) is 11.5 Å². The first kappa shape index (κ1) is 10.3. The van der Waals surface area contributed by atoms with Crippen LogP contribution in [0.3, 0.4) is 0 Å². The van der Waals surface area contributed by atoms with Gasteiger partial charge in [-0.05, 0) is 38.0 Å². The second-order valence-corrected chi connectivity index (χ2v) is 3.61. The first-order valence-corrected chi connectivity index (χ1v) is 4.99. The minimum absolute atomic E-state index is 0.716. The van der Waals surface area contributed by atoms with Gasteiger partial charge in [-0.1, -0.05) is 12.1 Å². The number of nitrogens with zero attached hydrogens (tertiary/aromatic N) is 1. The first-order valence-electron chi connectivity index (χ1n) is 4.36. The molecule has 0 aliphatic carbocycles. The first-order chi connectivity index (χ1) is 6.13. The maximum atomic E-state index is 4.48. The maximum Gasteiger partial charge on any atom is 0.0661 e. The summed E-state index contributed by atoms with van der Waals surface area (Å²) in [5.41, 5.74) is 4.58. The van der Waals surface area contributed by atoms with Crippen LogP contribution in [0, 0.1) is 13.8 Å². The van der Waals surface area contributed by atoms with Crippen LogP contribution in [0.15, 0.2) is 23.2 Å². The van der Waals surface area contributed by atoms with E-state index in [0.29, 0.717) is 5.75 Å². The highest BCUT2D eigenvalue weighted by molar-refractivity contribution is 7.81. The average molecular weight is 193 g/mol. The molecule has 0 fully saturated rings. The van der Waals surface area contributed by atoms with E-state index in [0.717, 1.165) is 11.4 Å². The molecule has 0 saturated heterocycles. The van der Waals surface area contributed by atoms with Gasteiger partial charge in [-0.2, -0.15) is 12.6 Å². The average Bonchev–Trinajstić information content (AvgIpc) is 2.11. The van der Waals surface area contributed by atoms with E-state index in [-0.39, 0.29) is 0 Å². The van der Waals surface area contributed by atoms with Gasteiger partial charge in [0, 0.05) is 11.5 Å². The van der Waals surface area contributed by atoms with E-state index >= 15 is 0 Å². The van der Waals surface area contributed by atoms with Gasteiger partial charge >= 0.3 is 0 Å². The zero-order chi connectivity index (χ0) is 9.84. The molecule has 1 aromatic carbocycles. The molecule has 0 unspecified atom stereocenters. The Morgan fingerprint density at radius 2 is 2.08 bits per heavy atom. The number of rotatable bonds is 2. The van der Waals surface area contributed by atoms with Gasteiger partial charge in [0.15, 0.2) is 0 Å². The Morgan fingerprint density at radius 3 is 2.69 bits per heavy atom. The highest BCUT2D eigenvalue weighted by atomic mass is 32.1. The monoisotopic (exact) mass is 193 g/mol. The molecule has 0 heterocycles. The van der Waals surface area contributed by atoms with Crippen molar-refractivity contribution in [3.8, 4) is 0 Å². The van der Waals surface area contributed by atoms with Crippen molar-refractivity contribution in [2.75, 3.05) is 5.75 Å². The summed E-state index contributed by atoms with van der Waals surface area (Å²) in [4.78, 5) is 4.48. The molecule has 0 saturated carbocycles. The van der Waals surface area contributed by atoms with Gasteiger partial charge in [-0.25, -0.2) is 0 Å². The van der Waals surface area contributed by atoms with Gasteiger partial charge in [-0.15, -0.1) is 0 Å². The molecular formula is C11H15NS. The van der Waals surface area contributed by atoms with Crippen LogP contribution in [0.4, 0.5) is 5.69 Å². The zero-order valence-corrected chi connectivity index (χ0v) is 9.23. The Balaban J connectivity index is 3.07. The molecule has 2 heteroatoms. The molecular weight excluding hydrogens is 178 g/mol. The number of hydrogen-bond donors (Lipinski definition) is 1. The number of hydrogen-bond acceptors (Lipinski definition) is 2. The maximum absolute atomic E-state index is 4.48. The minimum Gasteiger partial charge on any atom is -0.257 e. The summed E-state index contributed by atoms with van der Waals surface area (Å²) in [5, 5.41) is 0. The lowest BCUT2D eigenvalue weighted by Gasteiger charge is -2.02. The van der Waals surface area contributed by atoms with Crippen molar-refractivity contribution < 1.29 is 0 Å². The molecule has 0 radical (unpaired) electrons. The topological polar surface area (TPSA) is 12.4 Å². The fraction of sp³-hybridized carbons (Fsp3) is 0.364. The van der Waals surface area contributed by atoms with Crippen molar-refractivity contribution in [3.05, 3.63) is 29.3 Å². The third-order valence-corrected chi connectivity index (χ3v) is 2.36. The van der Waals surface area contributed by atoms with Crippen molar-refractivity contribution in [2.24, 2.45) is 4.99 Å². The van der Waals surface area contributed by atoms with Crippen LogP contribution >= 0.6 is 12.6 Å². The Bertz CT molecular complexity index is 329. The van der Waals surface area contributed by atoms with Gasteiger partial charge in [-0.3, -0.25) is 4.99 Å². The Kier molecular flexibility index (Phi) is 3.55. The molecule has 1 rings (SSSR count). The lowest BCUT2D eigenvalue weighted by atomic mass is 10.1. The van der Waals surface area contributed by atoms with Gasteiger partial charge in [0.2, 0.25) is 0 Å². The number of aryl methyl sites for hydroxylation is 2. The van der Waals surface area contributed by atoms with E-state index in [4.69, 9.17) is 0 Å². The fourth-order valence-corrected chi connectivity index (χ4v) is 1.15. The second-order valence-electron chi connectivity index (χ2n) is 3.30. The van der Waals surface area contributed by atoms with Gasteiger partial charge < -0.3 is 0 Å². The van der Waals surface area contributed by atoms with Crippen molar-refractivity contribution in [1.82, 2.24) is 0 Å². The molecule has 0 spiro atoms. The van der Waals surface area contributed by atoms with Crippen molar-refractivity contribution in [3.63, 3.8) is 0 Å². The number of aliphatic imine (C=N–C) groups is 1. The number of thiol groups is 1. The summed E-state index contributed by atoms with van der Waals surface area (Å²) >= 11 is 4.18. The molecule has 0 N–H and O–H groups in total. The van der Waals surface area contributed by atoms with Crippen molar-refractivity contribution in [2.45, 2.75) is 20.8 Å². The molecule has 1 nitrogen and oxygen atoms in total. The van der Waals surface area contributed by atoms with Crippen molar-refractivity contribution >= 4 is 24.0 Å². The van der Waals surface area contributed by atoms with E-state index in [2.05, 4.69) is 49.7 Å². The quantitative estimate of drug-likeness (QED) is 0.546. The molecule has 0 amide bonds. The van der Waals surface area contributed by atoms with E-state index < -0.39 is 0 Å². The molecule has 13 heavy (non-hydrogen) atoms. The summed E-state index contributed by atoms with van der Waals surface area (Å²) < 4.78 is 0. The standard InChI is InChI=1S/C11H15NS/c1-8-4-5-9(2)11(6-8)12-10(3)7-13/h4-6,13H,7H2,1-3H3. The van der Waals surface area contributed by atoms with E-state index in [1.165, 1.54) is 11.1 Å². The second kappa shape index (κ2) is 4.47. The largest absolute Gasteiger partial charge is 0.257 e. The predicted octanol–water partition coefficient (Wildman–Crippen LogP) is 3.33. The molecule has 1 aromatic rings. The Morgan fingerprint density at radius 1 is 1.38 bits per heavy atom. The molecule has 0 aliphatic rings. The Labute approximate surface area is 85.3 Å². The summed E-state index contributed by atoms with van der Waals surface area (Å²) in [6, 6.07) is 6.30. The lowest BCUT2D eigenvalue weighted by molar-refractivity contribution is 1.34. The summed E-state index contributed by atoms with van der Waals surface area (Å²) in [7, 11) is 0. The van der Waals surface area contributed by atoms with Crippen LogP contribution in [-0.2, 0) is 0 Å². The third-order valence-electron chi connectivity index (χ3n) is 1.90. The molecule has 0 aliphatic heterocycles. The van der Waals surface area contributed by atoms with E-state index in [1.807, 2.05) is 6.92 Å². The van der Waals surface area contributed by atoms with Crippen LogP contribution in [0.1, 0.15) is 18.1 Å². The van der Waals surface area contributed by atoms with Crippen LogP contribution < -0.4 is 0 Å². The molecule has 0 bridgehead atoms. The Hall–Kier alpha value is -0.760. The van der Waals surface area contributed by atoms with Crippen LogP contribution in [0.5, 0.6) is 0 Å². The van der Waals surface area contributed by atoms with Crippen LogP contribution in [0.25, 0.3) is 0 Å². The summed E-state index contributed by atoms with van der Waals surface area (Å²) in [5.74, 6) is 0.716. The normalized spacial score (nSPS) is 11.8. The van der Waals surface area contributed by atoms with E-state index in [1.54, 1.807) is 0 Å². The zero-order valence-electron chi connectivity index (χ0n) is 8.33. The highest BCUT2D eigenvalue weighted by Crippen LogP contribution is 2.19.